The van der Waals surface area contributed by atoms with Gasteiger partial charge in [-0.15, -0.1) is 0 Å². The number of nitrogens with two attached hydrogens (primary N) is 1. The first kappa shape index (κ1) is 17.2. The summed E-state index contributed by atoms with van der Waals surface area (Å²) in [7, 11) is 3.73. The highest BCUT2D eigenvalue weighted by Crippen LogP contribution is 2.44. The first-order valence-electron chi connectivity index (χ1n) is 7.66. The molecule has 0 spiro atoms. The Labute approximate surface area is 148 Å². The number of anilines is 1. The SMILES string of the molecule is CN(C)c1ccc2c(c1)OC(N)=C(C#N)C2c1ccc(F)c([N+](=O)[O-])c1. The van der Waals surface area contributed by atoms with Gasteiger partial charge in [-0.1, -0.05) is 12.1 Å². The van der Waals surface area contributed by atoms with E-state index in [0.29, 0.717) is 16.9 Å². The predicted molar refractivity (Wildman–Crippen MR) is 93.1 cm³/mol. The number of nitriles is 1. The second-order valence-electron chi connectivity index (χ2n) is 6.01. The second-order valence-corrected chi connectivity index (χ2v) is 6.01. The summed E-state index contributed by atoms with van der Waals surface area (Å²) in [6.07, 6.45) is 0. The van der Waals surface area contributed by atoms with Crippen LogP contribution in [-0.2, 0) is 0 Å². The van der Waals surface area contributed by atoms with E-state index in [0.717, 1.165) is 17.8 Å². The molecule has 2 N–H and O–H groups in total. The molecular weight excluding hydrogens is 339 g/mol. The maximum Gasteiger partial charge on any atom is 0.305 e. The molecule has 132 valence electrons. The molecule has 26 heavy (non-hydrogen) atoms. The molecule has 0 saturated heterocycles. The van der Waals surface area contributed by atoms with Gasteiger partial charge in [-0.2, -0.15) is 9.65 Å². The highest BCUT2D eigenvalue weighted by molar-refractivity contribution is 5.61. The van der Waals surface area contributed by atoms with Crippen molar-refractivity contribution in [3.05, 3.63) is 74.9 Å². The van der Waals surface area contributed by atoms with E-state index in [-0.39, 0.29) is 11.5 Å². The molecule has 0 radical (unpaired) electrons. The number of nitrogens with zero attached hydrogens (tertiary/aromatic N) is 3. The Hall–Kier alpha value is -3.60. The molecule has 1 unspecified atom stereocenters. The van der Waals surface area contributed by atoms with Gasteiger partial charge in [0.2, 0.25) is 11.7 Å². The van der Waals surface area contributed by atoms with Crippen LogP contribution in [0, 0.1) is 27.3 Å². The van der Waals surface area contributed by atoms with Crippen LogP contribution in [0.1, 0.15) is 17.0 Å². The Morgan fingerprint density at radius 1 is 1.31 bits per heavy atom. The molecule has 0 aliphatic carbocycles. The molecule has 0 amide bonds. The molecule has 2 aromatic carbocycles. The van der Waals surface area contributed by atoms with Crippen molar-refractivity contribution in [3.63, 3.8) is 0 Å². The van der Waals surface area contributed by atoms with E-state index in [4.69, 9.17) is 10.5 Å². The van der Waals surface area contributed by atoms with Gasteiger partial charge in [0.15, 0.2) is 0 Å². The largest absolute Gasteiger partial charge is 0.440 e. The lowest BCUT2D eigenvalue weighted by molar-refractivity contribution is -0.387. The number of nitro benzene ring substituents is 1. The first-order chi connectivity index (χ1) is 12.3. The van der Waals surface area contributed by atoms with Crippen molar-refractivity contribution in [2.45, 2.75) is 5.92 Å². The molecule has 1 heterocycles. The third kappa shape index (κ3) is 2.80. The van der Waals surface area contributed by atoms with Gasteiger partial charge in [0.05, 0.1) is 10.8 Å². The van der Waals surface area contributed by atoms with Crippen molar-refractivity contribution in [1.82, 2.24) is 0 Å². The molecule has 0 aromatic heterocycles. The van der Waals surface area contributed by atoms with E-state index in [1.807, 2.05) is 31.1 Å². The zero-order valence-electron chi connectivity index (χ0n) is 14.1. The van der Waals surface area contributed by atoms with Crippen molar-refractivity contribution < 1.29 is 14.1 Å². The number of allylic oxidation sites excluding steroid dienone is 1. The number of ether oxygens (including phenoxy) is 1. The number of hydrogen-bond donors (Lipinski definition) is 1. The smallest absolute Gasteiger partial charge is 0.305 e. The Morgan fingerprint density at radius 3 is 2.65 bits per heavy atom. The quantitative estimate of drug-likeness (QED) is 0.671. The summed E-state index contributed by atoms with van der Waals surface area (Å²) in [5.74, 6) is -1.25. The van der Waals surface area contributed by atoms with Gasteiger partial charge >= 0.3 is 5.69 Å². The second kappa shape index (κ2) is 6.37. The minimum Gasteiger partial charge on any atom is -0.440 e. The monoisotopic (exact) mass is 354 g/mol. The van der Waals surface area contributed by atoms with Crippen LogP contribution >= 0.6 is 0 Å². The summed E-state index contributed by atoms with van der Waals surface area (Å²) in [6.45, 7) is 0. The minimum atomic E-state index is -0.940. The highest BCUT2D eigenvalue weighted by atomic mass is 19.1. The maximum absolute atomic E-state index is 13.7. The topological polar surface area (TPSA) is 105 Å². The molecule has 0 saturated carbocycles. The van der Waals surface area contributed by atoms with E-state index in [1.54, 1.807) is 12.1 Å². The molecule has 3 rings (SSSR count). The molecule has 1 atom stereocenters. The third-order valence-electron chi connectivity index (χ3n) is 4.22. The Morgan fingerprint density at radius 2 is 2.04 bits per heavy atom. The molecule has 8 heteroatoms. The lowest BCUT2D eigenvalue weighted by Crippen LogP contribution is -2.21. The van der Waals surface area contributed by atoms with Crippen LogP contribution in [0.2, 0.25) is 0 Å². The van der Waals surface area contributed by atoms with Gasteiger partial charge in [-0.05, 0) is 17.7 Å². The van der Waals surface area contributed by atoms with Crippen molar-refractivity contribution in [2.75, 3.05) is 19.0 Å². The molecular formula is C18H15FN4O3. The van der Waals surface area contributed by atoms with Crippen LogP contribution in [0.5, 0.6) is 5.75 Å². The van der Waals surface area contributed by atoms with Crippen molar-refractivity contribution in [2.24, 2.45) is 5.73 Å². The van der Waals surface area contributed by atoms with Gasteiger partial charge in [0.1, 0.15) is 17.4 Å². The zero-order chi connectivity index (χ0) is 19.0. The molecule has 0 fully saturated rings. The third-order valence-corrected chi connectivity index (χ3v) is 4.22. The standard InChI is InChI=1S/C18H15FN4O3/c1-22(2)11-4-5-12-16(8-11)26-18(21)13(9-20)17(12)10-3-6-14(19)15(7-10)23(24)25/h3-8,17H,21H2,1-2H3. The minimum absolute atomic E-state index is 0.0760. The van der Waals surface area contributed by atoms with Crippen LogP contribution in [0.15, 0.2) is 47.9 Å². The maximum atomic E-state index is 13.7. The highest BCUT2D eigenvalue weighted by Gasteiger charge is 2.32. The Balaban J connectivity index is 2.22. The van der Waals surface area contributed by atoms with Crippen LogP contribution in [0.4, 0.5) is 15.8 Å². The summed E-state index contributed by atoms with van der Waals surface area (Å²) in [5.41, 5.74) is 7.24. The Kier molecular flexibility index (Phi) is 4.22. The average molecular weight is 354 g/mol. The van der Waals surface area contributed by atoms with Crippen LogP contribution in [0.3, 0.4) is 0 Å². The number of nitro groups is 1. The van der Waals surface area contributed by atoms with Crippen molar-refractivity contribution in [3.8, 4) is 11.8 Å². The van der Waals surface area contributed by atoms with E-state index in [1.165, 1.54) is 6.07 Å². The number of hydrogen-bond acceptors (Lipinski definition) is 6. The number of fused-ring (bicyclic) bond motifs is 1. The lowest BCUT2D eigenvalue weighted by Gasteiger charge is -2.27. The Bertz CT molecular complexity index is 979. The molecule has 7 nitrogen and oxygen atoms in total. The summed E-state index contributed by atoms with van der Waals surface area (Å²) in [6, 6.07) is 10.9. The summed E-state index contributed by atoms with van der Waals surface area (Å²) in [5, 5.41) is 20.6. The predicted octanol–water partition coefficient (Wildman–Crippen LogP) is 3.02. The van der Waals surface area contributed by atoms with Gasteiger partial charge in [-0.25, -0.2) is 0 Å². The van der Waals surface area contributed by atoms with Gasteiger partial charge in [0.25, 0.3) is 0 Å². The fourth-order valence-corrected chi connectivity index (χ4v) is 2.91. The first-order valence-corrected chi connectivity index (χ1v) is 7.66. The summed E-state index contributed by atoms with van der Waals surface area (Å²) >= 11 is 0. The van der Waals surface area contributed by atoms with Gasteiger partial charge in [0, 0.05) is 37.5 Å². The summed E-state index contributed by atoms with van der Waals surface area (Å²) in [4.78, 5) is 12.1. The van der Waals surface area contributed by atoms with E-state index in [2.05, 4.69) is 0 Å². The molecule has 0 bridgehead atoms. The van der Waals surface area contributed by atoms with E-state index < -0.39 is 22.3 Å². The average Bonchev–Trinajstić information content (AvgIpc) is 2.60. The van der Waals surface area contributed by atoms with Gasteiger partial charge in [-0.3, -0.25) is 10.1 Å². The number of benzene rings is 2. The molecule has 1 aliphatic rings. The van der Waals surface area contributed by atoms with Crippen molar-refractivity contribution >= 4 is 11.4 Å². The van der Waals surface area contributed by atoms with Crippen LogP contribution in [0.25, 0.3) is 0 Å². The number of halogens is 1. The fraction of sp³-hybridized carbons (Fsp3) is 0.167. The zero-order valence-corrected chi connectivity index (χ0v) is 14.1. The van der Waals surface area contributed by atoms with Crippen LogP contribution in [-0.4, -0.2) is 19.0 Å². The summed E-state index contributed by atoms with van der Waals surface area (Å²) < 4.78 is 19.3. The van der Waals surface area contributed by atoms with Gasteiger partial charge < -0.3 is 15.4 Å². The van der Waals surface area contributed by atoms with E-state index >= 15 is 0 Å². The normalized spacial score (nSPS) is 15.7. The fourth-order valence-electron chi connectivity index (χ4n) is 2.91. The van der Waals surface area contributed by atoms with Crippen molar-refractivity contribution in [1.29, 1.82) is 5.26 Å². The van der Waals surface area contributed by atoms with Crippen LogP contribution < -0.4 is 15.4 Å². The lowest BCUT2D eigenvalue weighted by atomic mass is 9.83. The molecule has 1 aliphatic heterocycles. The molecule has 2 aromatic rings. The van der Waals surface area contributed by atoms with E-state index in [9.17, 15) is 19.8 Å². The number of rotatable bonds is 3.